The number of rotatable bonds is 4. The maximum absolute atomic E-state index is 4.64. The maximum atomic E-state index is 4.64. The van der Waals surface area contributed by atoms with Gasteiger partial charge in [-0.25, -0.2) is 9.97 Å². The van der Waals surface area contributed by atoms with Crippen molar-refractivity contribution in [2.45, 2.75) is 13.8 Å². The highest BCUT2D eigenvalue weighted by molar-refractivity contribution is 5.86. The molecule has 2 aromatic heterocycles. The van der Waals surface area contributed by atoms with Crippen molar-refractivity contribution in [3.8, 4) is 0 Å². The summed E-state index contributed by atoms with van der Waals surface area (Å²) in [6.07, 6.45) is 0. The second-order valence-electron chi connectivity index (χ2n) is 9.00. The minimum absolute atomic E-state index is 0. The van der Waals surface area contributed by atoms with Crippen LogP contribution in [0.5, 0.6) is 0 Å². The second kappa shape index (κ2) is 17.7. The molecule has 2 fully saturated rings. The van der Waals surface area contributed by atoms with Crippen molar-refractivity contribution in [2.24, 2.45) is 0 Å². The fourth-order valence-electron chi connectivity index (χ4n) is 4.73. The lowest BCUT2D eigenvalue weighted by Gasteiger charge is -2.33. The molecule has 220 valence electrons. The molecule has 2 aliphatic rings. The Morgan fingerprint density at radius 3 is 1.21 bits per heavy atom. The van der Waals surface area contributed by atoms with Crippen LogP contribution in [0, 0.1) is 0 Å². The topological polar surface area (TPSA) is 102 Å². The highest BCUT2D eigenvalue weighted by Gasteiger charge is 2.19. The van der Waals surface area contributed by atoms with Crippen molar-refractivity contribution >= 4 is 83.6 Å². The number of anilines is 2. The van der Waals surface area contributed by atoms with Crippen LogP contribution in [0.3, 0.4) is 0 Å². The second-order valence-corrected chi connectivity index (χ2v) is 9.00. The average Bonchev–Trinajstić information content (AvgIpc) is 3.54. The quantitative estimate of drug-likeness (QED) is 0.352. The molecule has 0 saturated carbocycles. The van der Waals surface area contributed by atoms with E-state index in [9.17, 15) is 0 Å². The monoisotopic (exact) mass is 622 g/mol. The summed E-state index contributed by atoms with van der Waals surface area (Å²) in [7, 11) is 0. The molecule has 0 atom stereocenters. The number of aromatic nitrogens is 4. The van der Waals surface area contributed by atoms with Crippen LogP contribution >= 0.6 is 49.6 Å². The van der Waals surface area contributed by atoms with Crippen LogP contribution in [-0.2, 0) is 0 Å². The third-order valence-electron chi connectivity index (χ3n) is 6.99. The Kier molecular flexibility index (Phi) is 16.8. The largest absolute Gasteiger partial charge is 0.412 e. The van der Waals surface area contributed by atoms with Gasteiger partial charge in [0, 0.05) is 52.4 Å². The van der Waals surface area contributed by atoms with Crippen molar-refractivity contribution in [2.75, 3.05) is 75.2 Å². The van der Waals surface area contributed by atoms with E-state index in [1.54, 1.807) is 0 Å². The zero-order chi connectivity index (χ0) is 23.3. The molecule has 4 N–H and O–H groups in total. The summed E-state index contributed by atoms with van der Waals surface area (Å²) in [4.78, 5) is 25.7. The first-order chi connectivity index (χ1) is 16.7. The zero-order valence-corrected chi connectivity index (χ0v) is 25.8. The number of imidazole rings is 2. The van der Waals surface area contributed by atoms with E-state index in [2.05, 4.69) is 77.6 Å². The molecule has 0 unspecified atom stereocenters. The number of hydrogen-bond acceptors (Lipinski definition) is 6. The first-order valence-electron chi connectivity index (χ1n) is 12.6. The summed E-state index contributed by atoms with van der Waals surface area (Å²) in [5.74, 6) is 2.03. The Morgan fingerprint density at radius 2 is 0.897 bits per heavy atom. The van der Waals surface area contributed by atoms with Crippen LogP contribution in [0.25, 0.3) is 22.1 Å². The minimum atomic E-state index is 0. The van der Waals surface area contributed by atoms with Gasteiger partial charge in [0.05, 0.1) is 22.1 Å². The van der Waals surface area contributed by atoms with Gasteiger partial charge in [-0.3, -0.25) is 0 Å². The normalized spacial score (nSPS) is 15.5. The summed E-state index contributed by atoms with van der Waals surface area (Å²) in [6, 6.07) is 16.4. The Bertz CT molecular complexity index is 1050. The van der Waals surface area contributed by atoms with Crippen LogP contribution in [0.2, 0.25) is 0 Å². The number of nitrogens with one attached hydrogen (secondary N) is 2. The summed E-state index contributed by atoms with van der Waals surface area (Å²) in [5.41, 5.74) is 4.36. The smallest absolute Gasteiger partial charge is 0.203 e. The molecule has 4 heterocycles. The standard InChI is InChI=1S/2C13H18N4.4ClH.H2O/c2*1-2-16-7-9-17(10-8-16)13-14-11-5-3-4-6-12(11)15-13;;;;;/h2*3-6H,2,7-10H2,1H3,(H,14,15);4*1H;1H2. The molecule has 2 aromatic carbocycles. The lowest BCUT2D eigenvalue weighted by molar-refractivity contribution is 0.270. The predicted octanol–water partition coefficient (Wildman–Crippen LogP) is 4.27. The van der Waals surface area contributed by atoms with Gasteiger partial charge >= 0.3 is 0 Å². The van der Waals surface area contributed by atoms with Gasteiger partial charge in [0.25, 0.3) is 0 Å². The van der Waals surface area contributed by atoms with E-state index >= 15 is 0 Å². The summed E-state index contributed by atoms with van der Waals surface area (Å²) >= 11 is 0. The number of fused-ring (bicyclic) bond motifs is 2. The fourth-order valence-corrected chi connectivity index (χ4v) is 4.73. The van der Waals surface area contributed by atoms with Crippen molar-refractivity contribution in [3.05, 3.63) is 48.5 Å². The predicted molar refractivity (Wildman–Crippen MR) is 173 cm³/mol. The molecule has 6 rings (SSSR count). The third-order valence-corrected chi connectivity index (χ3v) is 6.99. The van der Waals surface area contributed by atoms with E-state index in [1.807, 2.05) is 24.3 Å². The molecule has 0 spiro atoms. The number of likely N-dealkylation sites (N-methyl/N-ethyl adjacent to an activating group) is 2. The van der Waals surface area contributed by atoms with Crippen molar-refractivity contribution in [1.82, 2.24) is 29.7 Å². The Balaban J connectivity index is 0.000000656. The molecule has 0 aliphatic carbocycles. The van der Waals surface area contributed by atoms with Crippen molar-refractivity contribution in [3.63, 3.8) is 0 Å². The summed E-state index contributed by atoms with van der Waals surface area (Å²) in [5, 5.41) is 0. The molecule has 0 amide bonds. The number of aromatic amines is 2. The van der Waals surface area contributed by atoms with Gasteiger partial charge in [-0.2, -0.15) is 0 Å². The van der Waals surface area contributed by atoms with Gasteiger partial charge in [-0.15, -0.1) is 49.6 Å². The molecule has 4 aromatic rings. The third kappa shape index (κ3) is 9.01. The average molecular weight is 624 g/mol. The van der Waals surface area contributed by atoms with E-state index in [4.69, 9.17) is 0 Å². The van der Waals surface area contributed by atoms with Gasteiger partial charge in [-0.05, 0) is 37.4 Å². The van der Waals surface area contributed by atoms with E-state index in [0.29, 0.717) is 0 Å². The van der Waals surface area contributed by atoms with Crippen LogP contribution in [0.4, 0.5) is 11.9 Å². The maximum Gasteiger partial charge on any atom is 0.203 e. The zero-order valence-electron chi connectivity index (χ0n) is 22.5. The minimum Gasteiger partial charge on any atom is -0.412 e. The van der Waals surface area contributed by atoms with Crippen LogP contribution in [-0.4, -0.2) is 101 Å². The molecule has 2 aliphatic heterocycles. The molecule has 0 radical (unpaired) electrons. The summed E-state index contributed by atoms with van der Waals surface area (Å²) in [6.45, 7) is 15.5. The lowest BCUT2D eigenvalue weighted by atomic mass is 10.3. The molecule has 0 bridgehead atoms. The number of halogens is 4. The number of para-hydroxylation sites is 4. The van der Waals surface area contributed by atoms with Crippen LogP contribution < -0.4 is 9.80 Å². The lowest BCUT2D eigenvalue weighted by Crippen LogP contribution is -2.46. The number of nitrogens with zero attached hydrogens (tertiary/aromatic N) is 6. The van der Waals surface area contributed by atoms with Gasteiger partial charge in [0.1, 0.15) is 0 Å². The van der Waals surface area contributed by atoms with E-state index in [0.717, 1.165) is 99.4 Å². The van der Waals surface area contributed by atoms with E-state index in [-0.39, 0.29) is 55.1 Å². The van der Waals surface area contributed by atoms with Gasteiger partial charge in [0.2, 0.25) is 11.9 Å². The molecule has 39 heavy (non-hydrogen) atoms. The molecule has 9 nitrogen and oxygen atoms in total. The highest BCUT2D eigenvalue weighted by atomic mass is 35.5. The Labute approximate surface area is 255 Å². The number of benzene rings is 2. The Hall–Kier alpha value is -1.98. The Morgan fingerprint density at radius 1 is 0.564 bits per heavy atom. The summed E-state index contributed by atoms with van der Waals surface area (Å²) < 4.78 is 0. The molecule has 2 saturated heterocycles. The first-order valence-corrected chi connectivity index (χ1v) is 12.6. The van der Waals surface area contributed by atoms with Gasteiger partial charge in [0.15, 0.2) is 0 Å². The van der Waals surface area contributed by atoms with E-state index in [1.165, 1.54) is 0 Å². The van der Waals surface area contributed by atoms with Crippen molar-refractivity contribution in [1.29, 1.82) is 0 Å². The molecular formula is C26H42Cl4N8O. The van der Waals surface area contributed by atoms with Gasteiger partial charge < -0.3 is 35.0 Å². The van der Waals surface area contributed by atoms with Crippen LogP contribution in [0.1, 0.15) is 13.8 Å². The first kappa shape index (κ1) is 37.0. The SMILES string of the molecule is CCN1CCN(c2nc3ccccc3[nH]2)CC1.CCN1CCN(c2nc3ccccc3[nH]2)CC1.Cl.Cl.Cl.Cl.O. The fraction of sp³-hybridized carbons (Fsp3) is 0.462. The number of H-pyrrole nitrogens is 2. The number of hydrogen-bond donors (Lipinski definition) is 2. The van der Waals surface area contributed by atoms with Crippen LogP contribution in [0.15, 0.2) is 48.5 Å². The number of piperazine rings is 2. The molecule has 13 heteroatoms. The van der Waals surface area contributed by atoms with Gasteiger partial charge in [-0.1, -0.05) is 38.1 Å². The van der Waals surface area contributed by atoms with E-state index < -0.39 is 0 Å². The van der Waals surface area contributed by atoms with Crippen molar-refractivity contribution < 1.29 is 5.48 Å². The molecular weight excluding hydrogens is 582 g/mol. The highest BCUT2D eigenvalue weighted by Crippen LogP contribution is 2.19.